The number of rotatable bonds is 4. The zero-order valence-corrected chi connectivity index (χ0v) is 11.6. The van der Waals surface area contributed by atoms with Crippen molar-refractivity contribution in [3.05, 3.63) is 65.0 Å². The van der Waals surface area contributed by atoms with E-state index < -0.39 is 0 Å². The lowest BCUT2D eigenvalue weighted by Crippen LogP contribution is -2.04. The van der Waals surface area contributed by atoms with Crippen LogP contribution in [0.3, 0.4) is 0 Å². The molecule has 0 N–H and O–H groups in total. The monoisotopic (exact) mass is 269 g/mol. The van der Waals surface area contributed by atoms with Gasteiger partial charge in [-0.2, -0.15) is 5.26 Å². The van der Waals surface area contributed by atoms with Crippen LogP contribution in [0.25, 0.3) is 0 Å². The van der Waals surface area contributed by atoms with Crippen LogP contribution in [0.5, 0.6) is 5.75 Å². The van der Waals surface area contributed by atoms with Crippen LogP contribution in [0.1, 0.15) is 22.6 Å². The van der Waals surface area contributed by atoms with Crippen LogP contribution in [-0.2, 0) is 6.42 Å². The summed E-state index contributed by atoms with van der Waals surface area (Å²) < 4.78 is 18.6. The number of nitriles is 1. The quantitative estimate of drug-likeness (QED) is 0.840. The molecular weight excluding hydrogens is 253 g/mol. The van der Waals surface area contributed by atoms with Crippen LogP contribution < -0.4 is 4.74 Å². The Bertz CT molecular complexity index is 646. The predicted molar refractivity (Wildman–Crippen MR) is 76.2 cm³/mol. The van der Waals surface area contributed by atoms with Crippen molar-refractivity contribution in [2.45, 2.75) is 19.3 Å². The first-order valence-corrected chi connectivity index (χ1v) is 6.43. The van der Waals surface area contributed by atoms with Gasteiger partial charge in [0.1, 0.15) is 11.6 Å². The smallest absolute Gasteiger partial charge is 0.123 e. The minimum atomic E-state index is -0.317. The molecule has 102 valence electrons. The summed E-state index contributed by atoms with van der Waals surface area (Å²) in [6.45, 7) is 1.97. The molecule has 0 amide bonds. The maximum Gasteiger partial charge on any atom is 0.123 e. The van der Waals surface area contributed by atoms with Gasteiger partial charge >= 0.3 is 0 Å². The van der Waals surface area contributed by atoms with Gasteiger partial charge in [0, 0.05) is 0 Å². The number of ether oxygens (including phenoxy) is 1. The van der Waals surface area contributed by atoms with Gasteiger partial charge in [-0.25, -0.2) is 4.39 Å². The van der Waals surface area contributed by atoms with E-state index in [1.807, 2.05) is 31.2 Å². The van der Waals surface area contributed by atoms with E-state index in [0.717, 1.165) is 11.1 Å². The molecule has 0 aliphatic heterocycles. The zero-order chi connectivity index (χ0) is 14.5. The second-order valence-electron chi connectivity index (χ2n) is 4.70. The maximum atomic E-state index is 13.4. The van der Waals surface area contributed by atoms with Crippen molar-refractivity contribution in [1.82, 2.24) is 0 Å². The van der Waals surface area contributed by atoms with Crippen LogP contribution in [0.2, 0.25) is 0 Å². The molecule has 2 aromatic carbocycles. The van der Waals surface area contributed by atoms with E-state index >= 15 is 0 Å². The van der Waals surface area contributed by atoms with Crippen LogP contribution in [0.4, 0.5) is 4.39 Å². The lowest BCUT2D eigenvalue weighted by Gasteiger charge is -2.14. The molecular formula is C17H16FNO. The lowest BCUT2D eigenvalue weighted by atomic mass is 9.90. The van der Waals surface area contributed by atoms with E-state index in [-0.39, 0.29) is 11.7 Å². The first-order chi connectivity index (χ1) is 9.65. The van der Waals surface area contributed by atoms with Crippen molar-refractivity contribution >= 4 is 0 Å². The summed E-state index contributed by atoms with van der Waals surface area (Å²) in [7, 11) is 1.55. The van der Waals surface area contributed by atoms with Gasteiger partial charge in [0.25, 0.3) is 0 Å². The standard InChI is InChI=1S/C17H16FNO/c1-12-5-3-4-6-16(12)14(11-19)9-13-10-15(18)7-8-17(13)20-2/h3-8,10,14H,9H2,1-2H3. The van der Waals surface area contributed by atoms with Gasteiger partial charge in [0.05, 0.1) is 19.1 Å². The highest BCUT2D eigenvalue weighted by Gasteiger charge is 2.16. The van der Waals surface area contributed by atoms with Gasteiger partial charge < -0.3 is 4.74 Å². The summed E-state index contributed by atoms with van der Waals surface area (Å²) in [5.41, 5.74) is 2.75. The molecule has 2 nitrogen and oxygen atoms in total. The van der Waals surface area contributed by atoms with Crippen LogP contribution in [-0.4, -0.2) is 7.11 Å². The number of hydrogen-bond acceptors (Lipinski definition) is 2. The Morgan fingerprint density at radius 1 is 1.25 bits per heavy atom. The van der Waals surface area contributed by atoms with E-state index in [0.29, 0.717) is 17.7 Å². The van der Waals surface area contributed by atoms with E-state index in [4.69, 9.17) is 4.74 Å². The number of halogens is 1. The maximum absolute atomic E-state index is 13.4. The normalized spacial score (nSPS) is 11.7. The van der Waals surface area contributed by atoms with E-state index in [1.165, 1.54) is 12.1 Å². The largest absolute Gasteiger partial charge is 0.496 e. The van der Waals surface area contributed by atoms with Crippen LogP contribution in [0, 0.1) is 24.1 Å². The summed E-state index contributed by atoms with van der Waals surface area (Å²) in [4.78, 5) is 0. The molecule has 0 radical (unpaired) electrons. The molecule has 0 fully saturated rings. The average molecular weight is 269 g/mol. The van der Waals surface area contributed by atoms with Crippen molar-refractivity contribution in [3.63, 3.8) is 0 Å². The molecule has 0 spiro atoms. The molecule has 0 saturated carbocycles. The van der Waals surface area contributed by atoms with E-state index in [2.05, 4.69) is 6.07 Å². The Morgan fingerprint density at radius 2 is 2.00 bits per heavy atom. The zero-order valence-electron chi connectivity index (χ0n) is 11.6. The summed E-state index contributed by atoms with van der Waals surface area (Å²) in [6.07, 6.45) is 0.433. The van der Waals surface area contributed by atoms with Crippen LogP contribution in [0.15, 0.2) is 42.5 Å². The van der Waals surface area contributed by atoms with Crippen LogP contribution >= 0.6 is 0 Å². The van der Waals surface area contributed by atoms with Crippen molar-refractivity contribution in [3.8, 4) is 11.8 Å². The topological polar surface area (TPSA) is 33.0 Å². The molecule has 0 saturated heterocycles. The second kappa shape index (κ2) is 6.21. The molecule has 1 atom stereocenters. The Morgan fingerprint density at radius 3 is 2.65 bits per heavy atom. The molecule has 20 heavy (non-hydrogen) atoms. The molecule has 0 aliphatic carbocycles. The molecule has 0 aliphatic rings. The van der Waals surface area contributed by atoms with Crippen molar-refractivity contribution < 1.29 is 9.13 Å². The highest BCUT2D eigenvalue weighted by atomic mass is 19.1. The summed E-state index contributed by atoms with van der Waals surface area (Å²) in [5, 5.41) is 9.41. The molecule has 0 bridgehead atoms. The SMILES string of the molecule is COc1ccc(F)cc1CC(C#N)c1ccccc1C. The van der Waals surface area contributed by atoms with Gasteiger partial charge in [-0.1, -0.05) is 24.3 Å². The number of hydrogen-bond donors (Lipinski definition) is 0. The molecule has 1 unspecified atom stereocenters. The highest BCUT2D eigenvalue weighted by molar-refractivity contribution is 5.39. The van der Waals surface area contributed by atoms with Crippen molar-refractivity contribution in [2.24, 2.45) is 0 Å². The highest BCUT2D eigenvalue weighted by Crippen LogP contribution is 2.28. The Hall–Kier alpha value is -2.34. The molecule has 0 aromatic heterocycles. The predicted octanol–water partition coefficient (Wildman–Crippen LogP) is 3.99. The third-order valence-corrected chi connectivity index (χ3v) is 3.39. The van der Waals surface area contributed by atoms with Crippen molar-refractivity contribution in [2.75, 3.05) is 7.11 Å². The lowest BCUT2D eigenvalue weighted by molar-refractivity contribution is 0.407. The molecule has 2 rings (SSSR count). The van der Waals surface area contributed by atoms with Gasteiger partial charge in [0.2, 0.25) is 0 Å². The Labute approximate surface area is 118 Å². The van der Waals surface area contributed by atoms with E-state index in [9.17, 15) is 9.65 Å². The fraction of sp³-hybridized carbons (Fsp3) is 0.235. The second-order valence-corrected chi connectivity index (χ2v) is 4.70. The summed E-state index contributed by atoms with van der Waals surface area (Å²) in [6, 6.07) is 14.5. The number of nitrogens with zero attached hydrogens (tertiary/aromatic N) is 1. The van der Waals surface area contributed by atoms with Gasteiger partial charge in [-0.05, 0) is 48.2 Å². The number of benzene rings is 2. The fourth-order valence-electron chi connectivity index (χ4n) is 2.33. The van der Waals surface area contributed by atoms with Crippen molar-refractivity contribution in [1.29, 1.82) is 5.26 Å². The van der Waals surface area contributed by atoms with Gasteiger partial charge in [-0.15, -0.1) is 0 Å². The first-order valence-electron chi connectivity index (χ1n) is 6.43. The number of aryl methyl sites for hydroxylation is 1. The Kier molecular flexibility index (Phi) is 4.37. The molecule has 2 aromatic rings. The van der Waals surface area contributed by atoms with Gasteiger partial charge in [-0.3, -0.25) is 0 Å². The van der Waals surface area contributed by atoms with E-state index in [1.54, 1.807) is 13.2 Å². The molecule has 0 heterocycles. The summed E-state index contributed by atoms with van der Waals surface area (Å²) in [5.74, 6) is -0.0191. The fourth-order valence-corrected chi connectivity index (χ4v) is 2.33. The third kappa shape index (κ3) is 2.97. The third-order valence-electron chi connectivity index (χ3n) is 3.39. The van der Waals surface area contributed by atoms with Gasteiger partial charge in [0.15, 0.2) is 0 Å². The first kappa shape index (κ1) is 14.1. The minimum Gasteiger partial charge on any atom is -0.496 e. The Balaban J connectivity index is 2.35. The minimum absolute atomic E-state index is 0.313. The summed E-state index contributed by atoms with van der Waals surface area (Å²) >= 11 is 0. The average Bonchev–Trinajstić information content (AvgIpc) is 2.46. The molecule has 3 heteroatoms. The number of methoxy groups -OCH3 is 1.